The molecular weight excluding hydrogens is 464 g/mol. The van der Waals surface area contributed by atoms with Gasteiger partial charge in [-0.2, -0.15) is 0 Å². The minimum Gasteiger partial charge on any atom is -0.497 e. The molecule has 4 rings (SSSR count). The van der Waals surface area contributed by atoms with E-state index < -0.39 is 10.0 Å². The Morgan fingerprint density at radius 1 is 1.18 bits per heavy atom. The number of nitrogens with one attached hydrogen (secondary N) is 1. The van der Waals surface area contributed by atoms with Gasteiger partial charge in [0.2, 0.25) is 5.91 Å². The Bertz CT molecular complexity index is 1260. The molecule has 1 saturated heterocycles. The van der Waals surface area contributed by atoms with Gasteiger partial charge in [-0.25, -0.2) is 13.4 Å². The van der Waals surface area contributed by atoms with Crippen LogP contribution in [0.5, 0.6) is 11.5 Å². The number of thiazole rings is 1. The summed E-state index contributed by atoms with van der Waals surface area (Å²) in [7, 11) is -1.02. The van der Waals surface area contributed by atoms with E-state index in [1.807, 2.05) is 17.2 Å². The summed E-state index contributed by atoms with van der Waals surface area (Å²) in [6.07, 6.45) is 3.46. The second-order valence-electron chi connectivity index (χ2n) is 7.74. The van der Waals surface area contributed by atoms with E-state index >= 15 is 0 Å². The van der Waals surface area contributed by atoms with Crippen molar-refractivity contribution in [3.05, 3.63) is 41.5 Å². The first kappa shape index (κ1) is 23.1. The fourth-order valence-corrected chi connectivity index (χ4v) is 5.65. The fraction of sp³-hybridized carbons (Fsp3) is 0.364. The van der Waals surface area contributed by atoms with Crippen LogP contribution in [0.1, 0.15) is 18.5 Å². The van der Waals surface area contributed by atoms with Crippen LogP contribution in [-0.4, -0.2) is 56.1 Å². The molecule has 2 aromatic heterocycles. The zero-order chi connectivity index (χ0) is 23.6. The van der Waals surface area contributed by atoms with Crippen molar-refractivity contribution in [2.45, 2.75) is 31.2 Å². The number of carbonyl (C=O) groups excluding carboxylic acids is 1. The van der Waals surface area contributed by atoms with Crippen molar-refractivity contribution in [1.82, 2.24) is 14.5 Å². The van der Waals surface area contributed by atoms with Crippen LogP contribution in [0.4, 0.5) is 5.69 Å². The predicted molar refractivity (Wildman–Crippen MR) is 126 cm³/mol. The summed E-state index contributed by atoms with van der Waals surface area (Å²) >= 11 is 1.41. The van der Waals surface area contributed by atoms with Crippen molar-refractivity contribution in [2.24, 2.45) is 0 Å². The number of rotatable bonds is 8. The summed E-state index contributed by atoms with van der Waals surface area (Å²) in [5.74, 6) is 0.809. The van der Waals surface area contributed by atoms with Crippen LogP contribution in [0.15, 0.2) is 40.7 Å². The molecule has 33 heavy (non-hydrogen) atoms. The van der Waals surface area contributed by atoms with E-state index in [0.717, 1.165) is 31.6 Å². The van der Waals surface area contributed by atoms with Crippen molar-refractivity contribution in [2.75, 3.05) is 32.0 Å². The average Bonchev–Trinajstić information content (AvgIpc) is 3.54. The van der Waals surface area contributed by atoms with Crippen molar-refractivity contribution in [1.29, 1.82) is 0 Å². The molecule has 9 nitrogen and oxygen atoms in total. The van der Waals surface area contributed by atoms with Crippen molar-refractivity contribution in [3.8, 4) is 22.2 Å². The third-order valence-electron chi connectivity index (χ3n) is 5.44. The van der Waals surface area contributed by atoms with Crippen molar-refractivity contribution >= 4 is 33.0 Å². The highest BCUT2D eigenvalue weighted by atomic mass is 32.2. The Hall–Kier alpha value is -3.05. The highest BCUT2D eigenvalue weighted by molar-refractivity contribution is 7.92. The Balaban J connectivity index is 1.69. The van der Waals surface area contributed by atoms with Crippen LogP contribution in [0, 0.1) is 6.92 Å². The molecule has 3 heterocycles. The minimum absolute atomic E-state index is 0.0319. The monoisotopic (exact) mass is 490 g/mol. The maximum Gasteiger partial charge on any atom is 0.263 e. The van der Waals surface area contributed by atoms with Gasteiger partial charge in [0.25, 0.3) is 10.0 Å². The number of likely N-dealkylation sites (tertiary alicyclic amines) is 1. The lowest BCUT2D eigenvalue weighted by molar-refractivity contribution is -0.130. The summed E-state index contributed by atoms with van der Waals surface area (Å²) in [5, 5.41) is 2.55. The molecule has 11 heteroatoms. The van der Waals surface area contributed by atoms with Crippen LogP contribution in [0.3, 0.4) is 0 Å². The zero-order valence-corrected chi connectivity index (χ0v) is 20.3. The Kier molecular flexibility index (Phi) is 6.61. The number of aryl methyl sites for hydroxylation is 1. The molecule has 0 bridgehead atoms. The third kappa shape index (κ3) is 4.98. The fourth-order valence-electron chi connectivity index (χ4n) is 3.72. The number of ether oxygens (including phenoxy) is 2. The second kappa shape index (κ2) is 9.44. The Morgan fingerprint density at radius 3 is 2.58 bits per heavy atom. The Morgan fingerprint density at radius 2 is 1.94 bits per heavy atom. The maximum absolute atomic E-state index is 13.3. The van der Waals surface area contributed by atoms with E-state index in [1.165, 1.54) is 31.8 Å². The second-order valence-corrected chi connectivity index (χ2v) is 10.3. The van der Waals surface area contributed by atoms with E-state index in [9.17, 15) is 13.2 Å². The van der Waals surface area contributed by atoms with Gasteiger partial charge in [-0.15, -0.1) is 11.3 Å². The molecule has 1 amide bonds. The summed E-state index contributed by atoms with van der Waals surface area (Å²) in [4.78, 5) is 19.1. The minimum atomic E-state index is -3.98. The predicted octanol–water partition coefficient (Wildman–Crippen LogP) is 3.36. The van der Waals surface area contributed by atoms with Gasteiger partial charge in [0.1, 0.15) is 27.9 Å². The van der Waals surface area contributed by atoms with E-state index in [0.29, 0.717) is 22.2 Å². The van der Waals surface area contributed by atoms with Crippen LogP contribution in [-0.2, 0) is 21.4 Å². The molecule has 0 saturated carbocycles. The normalized spacial score (nSPS) is 13.8. The molecule has 0 aliphatic carbocycles. The van der Waals surface area contributed by atoms with E-state index in [2.05, 4.69) is 9.71 Å². The number of amides is 1. The number of nitrogens with zero attached hydrogens (tertiary/aromatic N) is 3. The van der Waals surface area contributed by atoms with Gasteiger partial charge in [-0.05, 0) is 38.0 Å². The van der Waals surface area contributed by atoms with Crippen LogP contribution in [0.25, 0.3) is 10.7 Å². The zero-order valence-electron chi connectivity index (χ0n) is 18.7. The molecule has 1 aromatic carbocycles. The molecule has 1 fully saturated rings. The SMILES string of the molecule is COc1ccc(OC)c(NS(=O)(=O)c2cc(-c3nc(C)cs3)n(CC(=O)N3CCCC3)c2)c1. The molecule has 3 aromatic rings. The van der Waals surface area contributed by atoms with Gasteiger partial charge in [-0.1, -0.05) is 0 Å². The van der Waals surface area contributed by atoms with Gasteiger partial charge in [-0.3, -0.25) is 9.52 Å². The number of carbonyl (C=O) groups is 1. The molecule has 1 aliphatic rings. The third-order valence-corrected chi connectivity index (χ3v) is 7.75. The summed E-state index contributed by atoms with van der Waals surface area (Å²) in [6, 6.07) is 6.40. The highest BCUT2D eigenvalue weighted by Crippen LogP contribution is 2.33. The van der Waals surface area contributed by atoms with Gasteiger partial charge < -0.3 is 18.9 Å². The number of methoxy groups -OCH3 is 2. The highest BCUT2D eigenvalue weighted by Gasteiger charge is 2.25. The van der Waals surface area contributed by atoms with Gasteiger partial charge in [0, 0.05) is 36.4 Å². The van der Waals surface area contributed by atoms with Gasteiger partial charge in [0.15, 0.2) is 0 Å². The molecule has 0 unspecified atom stereocenters. The first-order valence-electron chi connectivity index (χ1n) is 10.5. The molecule has 0 atom stereocenters. The first-order valence-corrected chi connectivity index (χ1v) is 12.8. The molecule has 0 radical (unpaired) electrons. The largest absolute Gasteiger partial charge is 0.497 e. The number of hydrogen-bond donors (Lipinski definition) is 1. The number of benzene rings is 1. The molecular formula is C22H26N4O5S2. The van der Waals surface area contributed by atoms with E-state index in [-0.39, 0.29) is 23.0 Å². The van der Waals surface area contributed by atoms with Crippen LogP contribution in [0.2, 0.25) is 0 Å². The first-order chi connectivity index (χ1) is 15.8. The van der Waals surface area contributed by atoms with Crippen LogP contribution < -0.4 is 14.2 Å². The van der Waals surface area contributed by atoms with Gasteiger partial charge >= 0.3 is 0 Å². The number of aromatic nitrogens is 2. The number of hydrogen-bond acceptors (Lipinski definition) is 7. The molecule has 1 N–H and O–H groups in total. The van der Waals surface area contributed by atoms with E-state index in [1.54, 1.807) is 28.8 Å². The standard InChI is InChI=1S/C22H26N4O5S2/c1-15-14-32-22(23-15)19-11-17(12-26(19)13-21(27)25-8-4-5-9-25)33(28,29)24-18-10-16(30-2)6-7-20(18)31-3/h6-7,10-12,14,24H,4-5,8-9,13H2,1-3H3. The van der Waals surface area contributed by atoms with Crippen LogP contribution >= 0.6 is 11.3 Å². The number of sulfonamides is 1. The lowest BCUT2D eigenvalue weighted by atomic mass is 10.3. The average molecular weight is 491 g/mol. The lowest BCUT2D eigenvalue weighted by Gasteiger charge is -2.16. The molecule has 1 aliphatic heterocycles. The number of anilines is 1. The van der Waals surface area contributed by atoms with E-state index in [4.69, 9.17) is 9.47 Å². The smallest absolute Gasteiger partial charge is 0.263 e. The van der Waals surface area contributed by atoms with Crippen molar-refractivity contribution in [3.63, 3.8) is 0 Å². The summed E-state index contributed by atoms with van der Waals surface area (Å²) < 4.78 is 41.3. The summed E-state index contributed by atoms with van der Waals surface area (Å²) in [6.45, 7) is 3.38. The molecule has 176 valence electrons. The van der Waals surface area contributed by atoms with Gasteiger partial charge in [0.05, 0.1) is 25.6 Å². The molecule has 0 spiro atoms. The maximum atomic E-state index is 13.3. The summed E-state index contributed by atoms with van der Waals surface area (Å²) in [5.41, 5.74) is 1.67. The lowest BCUT2D eigenvalue weighted by Crippen LogP contribution is -2.31. The van der Waals surface area contributed by atoms with Crippen molar-refractivity contribution < 1.29 is 22.7 Å². The quantitative estimate of drug-likeness (QED) is 0.519. The topological polar surface area (TPSA) is 103 Å². The Labute approximate surface area is 197 Å².